The molecule has 2 unspecified atom stereocenters. The third-order valence-corrected chi connectivity index (χ3v) is 19.5. The van der Waals surface area contributed by atoms with Crippen LogP contribution in [-0.4, -0.2) is 128 Å². The number of aromatic nitrogens is 4. The van der Waals surface area contributed by atoms with Gasteiger partial charge in [0.05, 0.1) is 19.5 Å². The van der Waals surface area contributed by atoms with Crippen molar-refractivity contribution in [3.63, 3.8) is 0 Å². The lowest BCUT2D eigenvalue weighted by atomic mass is 9.47. The third kappa shape index (κ3) is 12.4. The van der Waals surface area contributed by atoms with E-state index in [-0.39, 0.29) is 70.1 Å². The molecule has 3 saturated carbocycles. The van der Waals surface area contributed by atoms with E-state index >= 15 is 0 Å². The minimum Gasteiger partial charge on any atom is -0.386 e. The maximum atomic E-state index is 13.5. The molecule has 2 aromatic rings. The molecule has 14 atom stereocenters. The predicted octanol–water partition coefficient (Wildman–Crippen LogP) is 3.22. The first-order chi connectivity index (χ1) is 33.6. The Morgan fingerprint density at radius 2 is 1.74 bits per heavy atom. The molecule has 2 aromatic heterocycles. The number of aliphatic hydroxyl groups excluding tert-OH is 2. The van der Waals surface area contributed by atoms with Crippen LogP contribution in [0.15, 0.2) is 36.5 Å². The number of nitrogen functional groups attached to an aromatic ring is 1. The molecule has 2 amide bonds. The van der Waals surface area contributed by atoms with Crippen molar-refractivity contribution in [1.29, 1.82) is 0 Å². The van der Waals surface area contributed by atoms with Gasteiger partial charge in [-0.15, -0.1) is 0 Å². The molecular formula is C43H64N7O18P3S. The summed E-state index contributed by atoms with van der Waals surface area (Å²) in [7, 11) is -16.5. The number of fused-ring (bicyclic) bond motifs is 6. The van der Waals surface area contributed by atoms with Crippen LogP contribution in [0.1, 0.15) is 85.8 Å². The Morgan fingerprint density at radius 3 is 2.46 bits per heavy atom. The third-order valence-electron chi connectivity index (χ3n) is 15.4. The van der Waals surface area contributed by atoms with Crippen LogP contribution in [0, 0.1) is 45.8 Å². The number of nitrogens with two attached hydrogens (primary N) is 1. The summed E-state index contributed by atoms with van der Waals surface area (Å²) in [6.45, 7) is 7.18. The fourth-order valence-electron chi connectivity index (χ4n) is 11.6. The molecule has 400 valence electrons. The summed E-state index contributed by atoms with van der Waals surface area (Å²) in [5, 5.41) is 26.9. The van der Waals surface area contributed by atoms with Gasteiger partial charge in [-0.3, -0.25) is 37.3 Å². The molecule has 1 aliphatic heterocycles. The summed E-state index contributed by atoms with van der Waals surface area (Å²) in [6, 6.07) is 0. The average Bonchev–Trinajstić information content (AvgIpc) is 3.98. The second-order valence-electron chi connectivity index (χ2n) is 20.4. The van der Waals surface area contributed by atoms with Crippen molar-refractivity contribution in [2.45, 2.75) is 110 Å². The van der Waals surface area contributed by atoms with Gasteiger partial charge in [0.15, 0.2) is 28.6 Å². The zero-order valence-corrected chi connectivity index (χ0v) is 43.8. The molecule has 0 radical (unpaired) electrons. The fraction of sp³-hybridized carbons (Fsp3) is 0.698. The second kappa shape index (κ2) is 21.7. The first-order valence-corrected chi connectivity index (χ1v) is 29.1. The Labute approximate surface area is 419 Å². The molecule has 29 heteroatoms. The minimum atomic E-state index is -5.59. The maximum Gasteiger partial charge on any atom is 0.481 e. The second-order valence-corrected chi connectivity index (χ2v) is 25.7. The molecule has 7 rings (SSSR count). The molecular weight excluding hydrogens is 1030 g/mol. The first kappa shape index (κ1) is 56.4. The highest BCUT2D eigenvalue weighted by Crippen LogP contribution is 2.67. The van der Waals surface area contributed by atoms with E-state index in [4.69, 9.17) is 19.5 Å². The molecule has 1 saturated heterocycles. The summed E-state index contributed by atoms with van der Waals surface area (Å²) < 4.78 is 62.7. The van der Waals surface area contributed by atoms with Gasteiger partial charge in [-0.2, -0.15) is 4.31 Å². The van der Waals surface area contributed by atoms with E-state index in [0.29, 0.717) is 23.5 Å². The quantitative estimate of drug-likeness (QED) is 0.0640. The molecule has 0 bridgehead atoms. The molecule has 3 heterocycles. The number of ether oxygens (including phenoxy) is 1. The van der Waals surface area contributed by atoms with Crippen molar-refractivity contribution < 1.29 is 85.3 Å². The van der Waals surface area contributed by atoms with E-state index in [1.807, 2.05) is 13.0 Å². The van der Waals surface area contributed by atoms with E-state index in [9.17, 15) is 62.7 Å². The van der Waals surface area contributed by atoms with Crippen molar-refractivity contribution >= 4 is 74.9 Å². The lowest BCUT2D eigenvalue weighted by Crippen LogP contribution is -2.50. The number of ketones is 1. The van der Waals surface area contributed by atoms with Gasteiger partial charge in [-0.05, 0) is 79.8 Å². The highest BCUT2D eigenvalue weighted by atomic mass is 32.2. The van der Waals surface area contributed by atoms with E-state index in [2.05, 4.69) is 54.3 Å². The summed E-state index contributed by atoms with van der Waals surface area (Å²) >= 11 is 1.19. The summed E-state index contributed by atoms with van der Waals surface area (Å²) in [5.41, 5.74) is 5.49. The predicted molar refractivity (Wildman–Crippen MR) is 256 cm³/mol. The van der Waals surface area contributed by atoms with E-state index in [1.54, 1.807) is 6.08 Å². The number of phosphoric acid groups is 3. The Kier molecular flexibility index (Phi) is 17.0. The molecule has 4 fully saturated rings. The van der Waals surface area contributed by atoms with Gasteiger partial charge in [0.2, 0.25) is 11.8 Å². The van der Waals surface area contributed by atoms with Crippen molar-refractivity contribution in [2.75, 3.05) is 37.8 Å². The van der Waals surface area contributed by atoms with Crippen LogP contribution in [0.5, 0.6) is 0 Å². The zero-order valence-electron chi connectivity index (χ0n) is 40.3. The van der Waals surface area contributed by atoms with Crippen LogP contribution >= 0.6 is 35.2 Å². The number of hydrogen-bond acceptors (Lipinski definition) is 19. The van der Waals surface area contributed by atoms with Crippen molar-refractivity contribution in [3.8, 4) is 0 Å². The number of amides is 2. The number of anilines is 1. The van der Waals surface area contributed by atoms with E-state index in [0.717, 1.165) is 55.7 Å². The SMILES string of the molecule is C[C@H](C(=O)SCCNC(=O)CCNC(=O)[C@H](O)C(C)(C)COP(=O)(O)OP(=O)(O)OC[C@H]1O[C@@H](n2cnc3c(N)ncnc32)[C@H](O)[C@@H]1OP(=O)(O)O)[C@H]1CC[C@H]2[C@@H]3CCC4=CC(=O)C=C[C@]4(C)[C@H]3CC[C@]12C. The first-order valence-electron chi connectivity index (χ1n) is 23.6. The lowest BCUT2D eigenvalue weighted by Gasteiger charge is -2.57. The largest absolute Gasteiger partial charge is 0.481 e. The van der Waals surface area contributed by atoms with Crippen LogP contribution < -0.4 is 16.4 Å². The number of aliphatic hydroxyl groups is 2. The average molecular weight is 1090 g/mol. The minimum absolute atomic E-state index is 0.0294. The normalized spacial score (nSPS) is 31.9. The number of allylic oxidation sites excluding steroid dienone is 4. The summed E-state index contributed by atoms with van der Waals surface area (Å²) in [6.07, 6.45) is 4.93. The number of rotatable bonds is 21. The molecule has 5 aliphatic rings. The van der Waals surface area contributed by atoms with E-state index < -0.39 is 84.6 Å². The highest BCUT2D eigenvalue weighted by molar-refractivity contribution is 8.13. The molecule has 10 N–H and O–H groups in total. The fourth-order valence-corrected chi connectivity index (χ4v) is 15.3. The van der Waals surface area contributed by atoms with Crippen LogP contribution in [0.25, 0.3) is 11.2 Å². The van der Waals surface area contributed by atoms with Gasteiger partial charge < -0.3 is 50.9 Å². The van der Waals surface area contributed by atoms with Gasteiger partial charge in [-0.1, -0.05) is 58.0 Å². The Morgan fingerprint density at radius 1 is 1.01 bits per heavy atom. The Bertz CT molecular complexity index is 2620. The van der Waals surface area contributed by atoms with Crippen molar-refractivity contribution in [2.24, 2.45) is 45.8 Å². The van der Waals surface area contributed by atoms with Crippen LogP contribution in [0.4, 0.5) is 5.82 Å². The number of imidazole rings is 1. The molecule has 25 nitrogen and oxygen atoms in total. The maximum absolute atomic E-state index is 13.5. The Hall–Kier alpha value is -3.29. The Balaban J connectivity index is 0.803. The van der Waals surface area contributed by atoms with Gasteiger partial charge in [0, 0.05) is 42.0 Å². The zero-order chi connectivity index (χ0) is 52.8. The topological polar surface area (TPSA) is 381 Å². The molecule has 0 spiro atoms. The van der Waals surface area contributed by atoms with Gasteiger partial charge >= 0.3 is 23.5 Å². The lowest BCUT2D eigenvalue weighted by molar-refractivity contribution is -0.137. The molecule has 72 heavy (non-hydrogen) atoms. The van der Waals surface area contributed by atoms with Crippen molar-refractivity contribution in [3.05, 3.63) is 36.5 Å². The van der Waals surface area contributed by atoms with Crippen LogP contribution in [0.3, 0.4) is 0 Å². The van der Waals surface area contributed by atoms with Crippen LogP contribution in [-0.2, 0) is 55.5 Å². The molecule has 0 aromatic carbocycles. The number of thioether (sulfide) groups is 1. The standard InChI is InChI=1S/C43H64N7O18P3S/c1-23(27-8-9-28-26-7-6-24-18-25(51)10-13-42(24,4)29(26)11-14-43(27,28)5)40(56)72-17-16-45-31(52)12-15-46-38(55)35(54)41(2,3)20-65-71(62,63)68-70(60,61)64-19-30-34(67-69(57,58)59)33(53)39(66-30)50-22-49-32-36(44)47-21-48-37(32)50/h10,13,18,21-23,26-30,33-35,39,53-54H,6-9,11-12,14-17,19-20H2,1-5H3,(H,45,52)(H,46,55)(H,60,61)(H,62,63)(H2,44,47,48)(H2,57,58,59)/t23-,26-,27+,28-,29-,30+,33+,34+,35-,39+,42-,43+/m0/s1. The monoisotopic (exact) mass is 1090 g/mol. The van der Waals surface area contributed by atoms with Gasteiger partial charge in [-0.25, -0.2) is 28.6 Å². The highest BCUT2D eigenvalue weighted by Gasteiger charge is 2.60. The summed E-state index contributed by atoms with van der Waals surface area (Å²) in [5.74, 6) is 0.643. The van der Waals surface area contributed by atoms with Crippen LogP contribution in [0.2, 0.25) is 0 Å². The smallest absolute Gasteiger partial charge is 0.386 e. The number of carbonyl (C=O) groups is 4. The number of nitrogens with zero attached hydrogens (tertiary/aromatic N) is 4. The number of carbonyl (C=O) groups excluding carboxylic acids is 4. The van der Waals surface area contributed by atoms with Crippen molar-refractivity contribution in [1.82, 2.24) is 30.2 Å². The number of hydrogen-bond donors (Lipinski definition) is 9. The van der Waals surface area contributed by atoms with Gasteiger partial charge in [0.25, 0.3) is 0 Å². The van der Waals surface area contributed by atoms with E-state index in [1.165, 1.54) is 31.2 Å². The number of nitrogens with one attached hydrogen (secondary N) is 2. The van der Waals surface area contributed by atoms with Gasteiger partial charge in [0.1, 0.15) is 36.3 Å². The summed E-state index contributed by atoms with van der Waals surface area (Å²) in [4.78, 5) is 103. The number of phosphoric ester groups is 3. The molecule has 4 aliphatic carbocycles.